The van der Waals surface area contributed by atoms with E-state index in [1.807, 2.05) is 31.3 Å². The van der Waals surface area contributed by atoms with Gasteiger partial charge in [-0.25, -0.2) is 0 Å². The van der Waals surface area contributed by atoms with Crippen LogP contribution in [0.25, 0.3) is 10.9 Å². The van der Waals surface area contributed by atoms with E-state index in [-0.39, 0.29) is 24.0 Å². The zero-order valence-corrected chi connectivity index (χ0v) is 19.5. The van der Waals surface area contributed by atoms with Crippen LogP contribution >= 0.6 is 11.8 Å². The number of carbonyl (C=O) groups is 1. The van der Waals surface area contributed by atoms with E-state index in [1.54, 1.807) is 25.8 Å². The van der Waals surface area contributed by atoms with E-state index in [1.165, 1.54) is 0 Å². The number of likely N-dealkylation sites (tertiary alicyclic amines) is 1. The van der Waals surface area contributed by atoms with Gasteiger partial charge in [0.1, 0.15) is 29.4 Å². The van der Waals surface area contributed by atoms with Gasteiger partial charge in [0.05, 0.1) is 24.4 Å². The Morgan fingerprint density at radius 1 is 1.32 bits per heavy atom. The number of amidine groups is 1. The lowest BCUT2D eigenvalue weighted by Gasteiger charge is -2.17. The van der Waals surface area contributed by atoms with Crippen LogP contribution in [0.15, 0.2) is 29.3 Å². The first kappa shape index (κ1) is 21.9. The molecule has 0 radical (unpaired) electrons. The van der Waals surface area contributed by atoms with Crippen LogP contribution in [0.2, 0.25) is 0 Å². The minimum atomic E-state index is -0.0850. The number of aromatic nitrogens is 1. The molecule has 0 saturated carbocycles. The second-order valence-corrected chi connectivity index (χ2v) is 9.54. The average Bonchev–Trinajstić information content (AvgIpc) is 3.33. The number of ketones is 1. The van der Waals surface area contributed by atoms with Gasteiger partial charge in [0.15, 0.2) is 5.17 Å². The topological polar surface area (TPSA) is 76.1 Å². The van der Waals surface area contributed by atoms with Gasteiger partial charge in [-0.05, 0) is 40.0 Å². The van der Waals surface area contributed by atoms with Crippen molar-refractivity contribution < 1.29 is 14.3 Å². The number of hydrogen-bond donors (Lipinski definition) is 1. The van der Waals surface area contributed by atoms with Crippen molar-refractivity contribution in [3.05, 3.63) is 30.0 Å². The number of rotatable bonds is 6. The van der Waals surface area contributed by atoms with Crippen LogP contribution in [0, 0.1) is 0 Å². The smallest absolute Gasteiger partial charge is 0.157 e. The highest BCUT2D eigenvalue weighted by atomic mass is 32.2. The molecule has 3 unspecified atom stereocenters. The first-order valence-electron chi connectivity index (χ1n) is 10.7. The van der Waals surface area contributed by atoms with Gasteiger partial charge in [-0.1, -0.05) is 11.8 Å². The Morgan fingerprint density at radius 2 is 2.13 bits per heavy atom. The summed E-state index contributed by atoms with van der Waals surface area (Å²) < 4.78 is 11.9. The Labute approximate surface area is 187 Å². The summed E-state index contributed by atoms with van der Waals surface area (Å²) in [6, 6.07) is 8.08. The molecule has 0 aliphatic carbocycles. The summed E-state index contributed by atoms with van der Waals surface area (Å²) in [6.45, 7) is 6.58. The highest BCUT2D eigenvalue weighted by molar-refractivity contribution is 8.14. The highest BCUT2D eigenvalue weighted by Gasteiger charge is 2.34. The van der Waals surface area contributed by atoms with Crippen molar-refractivity contribution in [3.8, 4) is 11.5 Å². The number of pyridine rings is 1. The lowest BCUT2D eigenvalue weighted by Crippen LogP contribution is -2.31. The second-order valence-electron chi connectivity index (χ2n) is 8.53. The third-order valence-electron chi connectivity index (χ3n) is 5.68. The zero-order valence-electron chi connectivity index (χ0n) is 18.7. The number of likely N-dealkylation sites (N-methyl/N-ethyl adjacent to an activating group) is 1. The van der Waals surface area contributed by atoms with E-state index in [0.29, 0.717) is 12.5 Å². The van der Waals surface area contributed by atoms with Crippen LogP contribution in [0.5, 0.6) is 11.5 Å². The van der Waals surface area contributed by atoms with Gasteiger partial charge in [0.2, 0.25) is 0 Å². The third-order valence-corrected chi connectivity index (χ3v) is 6.66. The molecule has 2 aromatic rings. The first-order chi connectivity index (χ1) is 14.8. The van der Waals surface area contributed by atoms with Crippen molar-refractivity contribution in [3.63, 3.8) is 0 Å². The fourth-order valence-electron chi connectivity index (χ4n) is 4.14. The van der Waals surface area contributed by atoms with E-state index >= 15 is 0 Å². The molecule has 0 spiro atoms. The molecule has 0 amide bonds. The van der Waals surface area contributed by atoms with E-state index in [9.17, 15) is 4.79 Å². The molecule has 1 aromatic heterocycles. The number of nitrogens with zero attached hydrogens (tertiary/aromatic N) is 3. The maximum Gasteiger partial charge on any atom is 0.157 e. The van der Waals surface area contributed by atoms with Crippen molar-refractivity contribution >= 4 is 33.6 Å². The molecular formula is C23H30N4O3S. The average molecular weight is 443 g/mol. The fraction of sp³-hybridized carbons (Fsp3) is 0.522. The number of ether oxygens (including phenoxy) is 2. The summed E-state index contributed by atoms with van der Waals surface area (Å²) in [5, 5.41) is 5.28. The first-order valence-corrected chi connectivity index (χ1v) is 11.7. The minimum Gasteiger partial charge on any atom is -0.497 e. The molecule has 7 nitrogen and oxygen atoms in total. The second kappa shape index (κ2) is 9.04. The molecule has 0 bridgehead atoms. The molecule has 1 N–H and O–H groups in total. The van der Waals surface area contributed by atoms with Gasteiger partial charge in [-0.2, -0.15) is 0 Å². The summed E-state index contributed by atoms with van der Waals surface area (Å²) in [4.78, 5) is 23.7. The molecule has 31 heavy (non-hydrogen) atoms. The van der Waals surface area contributed by atoms with E-state index < -0.39 is 0 Å². The van der Waals surface area contributed by atoms with Gasteiger partial charge in [-0.3, -0.25) is 19.7 Å². The van der Waals surface area contributed by atoms with Crippen LogP contribution < -0.4 is 14.8 Å². The van der Waals surface area contributed by atoms with Crippen molar-refractivity contribution in [1.29, 1.82) is 0 Å². The number of aliphatic imine (C=N–C) groups is 1. The van der Waals surface area contributed by atoms with E-state index in [0.717, 1.165) is 45.6 Å². The summed E-state index contributed by atoms with van der Waals surface area (Å²) >= 11 is 1.72. The molecule has 1 fully saturated rings. The lowest BCUT2D eigenvalue weighted by molar-refractivity contribution is -0.120. The normalized spacial score (nSPS) is 23.9. The van der Waals surface area contributed by atoms with Gasteiger partial charge in [0.25, 0.3) is 0 Å². The molecule has 166 valence electrons. The van der Waals surface area contributed by atoms with Crippen LogP contribution in [0.4, 0.5) is 0 Å². The SMILES string of the molecule is COc1ccc2c(OC3CC(C(C)=O)N(C)C3)cc(C3CSC(NC(C)C)=N3)nc2c1. The van der Waals surface area contributed by atoms with Gasteiger partial charge in [0, 0.05) is 42.3 Å². The Bertz CT molecular complexity index is 1010. The molecule has 4 rings (SSSR count). The van der Waals surface area contributed by atoms with Gasteiger partial charge < -0.3 is 14.8 Å². The molecule has 3 heterocycles. The largest absolute Gasteiger partial charge is 0.497 e. The molecule has 2 aliphatic heterocycles. The number of fused-ring (bicyclic) bond motifs is 1. The number of methoxy groups -OCH3 is 1. The van der Waals surface area contributed by atoms with Gasteiger partial charge in [-0.15, -0.1) is 0 Å². The third kappa shape index (κ3) is 4.80. The summed E-state index contributed by atoms with van der Waals surface area (Å²) in [5.41, 5.74) is 1.71. The predicted octanol–water partition coefficient (Wildman–Crippen LogP) is 3.43. The molecule has 1 aromatic carbocycles. The van der Waals surface area contributed by atoms with Crippen LogP contribution in [0.1, 0.15) is 38.9 Å². The van der Waals surface area contributed by atoms with E-state index in [4.69, 9.17) is 19.5 Å². The monoisotopic (exact) mass is 442 g/mol. The molecule has 1 saturated heterocycles. The minimum absolute atomic E-state index is 0.0274. The predicted molar refractivity (Wildman–Crippen MR) is 125 cm³/mol. The van der Waals surface area contributed by atoms with Gasteiger partial charge >= 0.3 is 0 Å². The van der Waals surface area contributed by atoms with E-state index in [2.05, 4.69) is 24.1 Å². The quantitative estimate of drug-likeness (QED) is 0.734. The maximum absolute atomic E-state index is 11.9. The maximum atomic E-state index is 11.9. The number of carbonyl (C=O) groups excluding carboxylic acids is 1. The van der Waals surface area contributed by atoms with Crippen LogP contribution in [-0.4, -0.2) is 65.5 Å². The molecule has 3 atom stereocenters. The summed E-state index contributed by atoms with van der Waals surface area (Å²) in [6.07, 6.45) is 0.653. The molecule has 8 heteroatoms. The van der Waals surface area contributed by atoms with Crippen LogP contribution in [-0.2, 0) is 4.79 Å². The number of benzene rings is 1. The van der Waals surface area contributed by atoms with Crippen molar-refractivity contribution in [2.45, 2.75) is 51.4 Å². The Balaban J connectivity index is 1.67. The van der Waals surface area contributed by atoms with Crippen LogP contribution in [0.3, 0.4) is 0 Å². The summed E-state index contributed by atoms with van der Waals surface area (Å²) in [5.74, 6) is 2.57. The number of Topliss-reactive ketones (excluding diaryl/α,β-unsaturated/α-hetero) is 1. The standard InChI is InChI=1S/C23H30N4O3S/c1-13(2)24-23-26-20(12-31-23)19-10-22(17-7-6-15(29-5)8-18(17)25-19)30-16-9-21(14(3)28)27(4)11-16/h6-8,10,13,16,20-21H,9,11-12H2,1-5H3,(H,24,26). The number of thioether (sulfide) groups is 1. The molecule has 2 aliphatic rings. The number of hydrogen-bond acceptors (Lipinski definition) is 8. The zero-order chi connectivity index (χ0) is 22.1. The highest BCUT2D eigenvalue weighted by Crippen LogP contribution is 2.36. The fourth-order valence-corrected chi connectivity index (χ4v) is 5.22. The summed E-state index contributed by atoms with van der Waals surface area (Å²) in [7, 11) is 3.63. The van der Waals surface area contributed by atoms with Crippen molar-refractivity contribution in [2.75, 3.05) is 26.5 Å². The van der Waals surface area contributed by atoms with Crippen molar-refractivity contribution in [1.82, 2.24) is 15.2 Å². The lowest BCUT2D eigenvalue weighted by atomic mass is 10.1. The van der Waals surface area contributed by atoms with Crippen molar-refractivity contribution in [2.24, 2.45) is 4.99 Å². The Hall–Kier alpha value is -2.32. The Morgan fingerprint density at radius 3 is 2.81 bits per heavy atom. The molecular weight excluding hydrogens is 412 g/mol. The Kier molecular flexibility index (Phi) is 6.39. The number of nitrogens with one attached hydrogen (secondary N) is 1.